The van der Waals surface area contributed by atoms with E-state index in [0.717, 1.165) is 21.5 Å². The fourth-order valence-electron chi connectivity index (χ4n) is 1.97. The highest BCUT2D eigenvalue weighted by atomic mass is 32.1. The average molecular weight is 269 g/mol. The molecule has 96 valence electrons. The molecule has 3 rings (SSSR count). The molecule has 0 fully saturated rings. The molecule has 19 heavy (non-hydrogen) atoms. The van der Waals surface area contributed by atoms with Gasteiger partial charge in [0.15, 0.2) is 0 Å². The Hall–Kier alpha value is -1.78. The molecule has 0 bridgehead atoms. The van der Waals surface area contributed by atoms with Crippen molar-refractivity contribution in [2.24, 2.45) is 0 Å². The maximum absolute atomic E-state index is 4.52. The highest BCUT2D eigenvalue weighted by Gasteiger charge is 2.09. The van der Waals surface area contributed by atoms with Crippen LogP contribution in [0.5, 0.6) is 0 Å². The van der Waals surface area contributed by atoms with Crippen molar-refractivity contribution in [3.05, 3.63) is 47.6 Å². The molecule has 1 N–H and O–H groups in total. The zero-order valence-electron chi connectivity index (χ0n) is 10.9. The summed E-state index contributed by atoms with van der Waals surface area (Å²) in [5, 5.41) is 5.45. The Labute approximate surface area is 116 Å². The van der Waals surface area contributed by atoms with E-state index in [0.29, 0.717) is 6.04 Å². The molecule has 0 saturated carbocycles. The van der Waals surface area contributed by atoms with Crippen molar-refractivity contribution in [1.82, 2.24) is 15.3 Å². The van der Waals surface area contributed by atoms with Crippen LogP contribution in [0.15, 0.2) is 42.7 Å². The van der Waals surface area contributed by atoms with Crippen LogP contribution in [0.4, 0.5) is 0 Å². The summed E-state index contributed by atoms with van der Waals surface area (Å²) in [6.07, 6.45) is 3.77. The molecule has 1 unspecified atom stereocenters. The second-order valence-corrected chi connectivity index (χ2v) is 5.55. The quantitative estimate of drug-likeness (QED) is 0.789. The Morgan fingerprint density at radius 1 is 1.21 bits per heavy atom. The van der Waals surface area contributed by atoms with Gasteiger partial charge in [0.05, 0.1) is 5.52 Å². The number of nitrogens with one attached hydrogen (secondary N) is 1. The Balaban J connectivity index is 2.01. The summed E-state index contributed by atoms with van der Waals surface area (Å²) in [6.45, 7) is 2.14. The van der Waals surface area contributed by atoms with Gasteiger partial charge in [-0.2, -0.15) is 0 Å². The van der Waals surface area contributed by atoms with Crippen LogP contribution >= 0.6 is 11.3 Å². The number of benzene rings is 1. The maximum Gasteiger partial charge on any atom is 0.123 e. The summed E-state index contributed by atoms with van der Waals surface area (Å²) >= 11 is 1.73. The number of hydrogen-bond donors (Lipinski definition) is 1. The first-order chi connectivity index (χ1) is 9.28. The number of fused-ring (bicyclic) bond motifs is 1. The van der Waals surface area contributed by atoms with Crippen LogP contribution in [0.25, 0.3) is 21.5 Å². The van der Waals surface area contributed by atoms with Crippen molar-refractivity contribution in [1.29, 1.82) is 0 Å². The zero-order valence-corrected chi connectivity index (χ0v) is 11.7. The minimum Gasteiger partial charge on any atom is -0.312 e. The Morgan fingerprint density at radius 3 is 2.95 bits per heavy atom. The smallest absolute Gasteiger partial charge is 0.123 e. The third-order valence-corrected chi connectivity index (χ3v) is 4.46. The molecule has 0 amide bonds. The highest BCUT2D eigenvalue weighted by molar-refractivity contribution is 7.15. The predicted octanol–water partition coefficient (Wildman–Crippen LogP) is 3.64. The van der Waals surface area contributed by atoms with Crippen LogP contribution in [0.2, 0.25) is 0 Å². The van der Waals surface area contributed by atoms with Crippen LogP contribution in [0.1, 0.15) is 17.8 Å². The van der Waals surface area contributed by atoms with E-state index in [1.165, 1.54) is 4.88 Å². The van der Waals surface area contributed by atoms with Gasteiger partial charge in [-0.15, -0.1) is 11.3 Å². The first-order valence-electron chi connectivity index (χ1n) is 6.26. The molecular formula is C15H15N3S. The lowest BCUT2D eigenvalue weighted by Gasteiger charge is -2.05. The van der Waals surface area contributed by atoms with E-state index in [1.807, 2.05) is 31.6 Å². The second-order valence-electron chi connectivity index (χ2n) is 4.49. The molecule has 1 atom stereocenters. The molecular weight excluding hydrogens is 254 g/mol. The first-order valence-corrected chi connectivity index (χ1v) is 7.08. The van der Waals surface area contributed by atoms with Gasteiger partial charge in [-0.1, -0.05) is 6.07 Å². The van der Waals surface area contributed by atoms with Crippen molar-refractivity contribution in [2.45, 2.75) is 13.0 Å². The predicted molar refractivity (Wildman–Crippen MR) is 80.3 cm³/mol. The minimum absolute atomic E-state index is 0.341. The number of thiazole rings is 1. The molecule has 0 aliphatic heterocycles. The largest absolute Gasteiger partial charge is 0.312 e. The monoisotopic (exact) mass is 269 g/mol. The summed E-state index contributed by atoms with van der Waals surface area (Å²) in [6, 6.07) is 10.7. The molecule has 0 radical (unpaired) electrons. The van der Waals surface area contributed by atoms with Gasteiger partial charge in [0.2, 0.25) is 0 Å². The summed E-state index contributed by atoms with van der Waals surface area (Å²) < 4.78 is 0. The Morgan fingerprint density at radius 2 is 2.11 bits per heavy atom. The lowest BCUT2D eigenvalue weighted by atomic mass is 10.1. The van der Waals surface area contributed by atoms with E-state index in [4.69, 9.17) is 0 Å². The number of hydrogen-bond acceptors (Lipinski definition) is 4. The standard InChI is InChI=1S/C15H15N3S/c1-10(16-2)14-9-18-15(19-14)12-5-6-13-11(8-12)4-3-7-17-13/h3-10,16H,1-2H3. The van der Waals surface area contributed by atoms with E-state index in [2.05, 4.69) is 40.4 Å². The van der Waals surface area contributed by atoms with Crippen molar-refractivity contribution in [2.75, 3.05) is 7.05 Å². The lowest BCUT2D eigenvalue weighted by molar-refractivity contribution is 0.662. The van der Waals surface area contributed by atoms with Crippen molar-refractivity contribution >= 4 is 22.2 Å². The summed E-state index contributed by atoms with van der Waals surface area (Å²) in [5.74, 6) is 0. The van der Waals surface area contributed by atoms with Crippen molar-refractivity contribution in [3.8, 4) is 10.6 Å². The normalized spacial score (nSPS) is 12.7. The van der Waals surface area contributed by atoms with E-state index >= 15 is 0 Å². The SMILES string of the molecule is CNC(C)c1cnc(-c2ccc3ncccc3c2)s1. The summed E-state index contributed by atoms with van der Waals surface area (Å²) in [5.41, 5.74) is 2.17. The van der Waals surface area contributed by atoms with E-state index in [1.54, 1.807) is 11.3 Å². The van der Waals surface area contributed by atoms with Crippen LogP contribution in [-0.2, 0) is 0 Å². The van der Waals surface area contributed by atoms with Crippen molar-refractivity contribution < 1.29 is 0 Å². The Bertz CT molecular complexity index is 705. The lowest BCUT2D eigenvalue weighted by Crippen LogP contribution is -2.10. The maximum atomic E-state index is 4.52. The summed E-state index contributed by atoms with van der Waals surface area (Å²) in [4.78, 5) is 10.1. The molecule has 0 spiro atoms. The first kappa shape index (κ1) is 12.3. The van der Waals surface area contributed by atoms with Crippen molar-refractivity contribution in [3.63, 3.8) is 0 Å². The number of rotatable bonds is 3. The second kappa shape index (κ2) is 5.07. The van der Waals surface area contributed by atoms with Gasteiger partial charge in [0.1, 0.15) is 5.01 Å². The molecule has 2 heterocycles. The highest BCUT2D eigenvalue weighted by Crippen LogP contribution is 2.30. The van der Waals surface area contributed by atoms with Gasteiger partial charge >= 0.3 is 0 Å². The molecule has 4 heteroatoms. The minimum atomic E-state index is 0.341. The van der Waals surface area contributed by atoms with Crippen LogP contribution < -0.4 is 5.32 Å². The van der Waals surface area contributed by atoms with Gasteiger partial charge in [-0.3, -0.25) is 4.98 Å². The molecule has 0 aliphatic rings. The third-order valence-electron chi connectivity index (χ3n) is 3.23. The molecule has 3 aromatic rings. The summed E-state index contributed by atoms with van der Waals surface area (Å²) in [7, 11) is 1.96. The van der Waals surface area contributed by atoms with Crippen LogP contribution in [0, 0.1) is 0 Å². The number of nitrogens with zero attached hydrogens (tertiary/aromatic N) is 2. The average Bonchev–Trinajstić information content (AvgIpc) is 2.95. The van der Waals surface area contributed by atoms with Gasteiger partial charge in [0, 0.05) is 34.3 Å². The number of aromatic nitrogens is 2. The topological polar surface area (TPSA) is 37.8 Å². The van der Waals surface area contributed by atoms with E-state index < -0.39 is 0 Å². The van der Waals surface area contributed by atoms with Crippen LogP contribution in [-0.4, -0.2) is 17.0 Å². The van der Waals surface area contributed by atoms with E-state index in [9.17, 15) is 0 Å². The van der Waals surface area contributed by atoms with Crippen LogP contribution in [0.3, 0.4) is 0 Å². The molecule has 1 aromatic carbocycles. The van der Waals surface area contributed by atoms with Gasteiger partial charge in [0.25, 0.3) is 0 Å². The molecule has 2 aromatic heterocycles. The fourth-order valence-corrected chi connectivity index (χ4v) is 2.94. The molecule has 0 saturated heterocycles. The fraction of sp³-hybridized carbons (Fsp3) is 0.200. The van der Waals surface area contributed by atoms with Gasteiger partial charge in [-0.05, 0) is 38.2 Å². The zero-order chi connectivity index (χ0) is 13.2. The molecule has 3 nitrogen and oxygen atoms in total. The van der Waals surface area contributed by atoms with E-state index in [-0.39, 0.29) is 0 Å². The Kier molecular flexibility index (Phi) is 3.27. The third kappa shape index (κ3) is 2.37. The van der Waals surface area contributed by atoms with Gasteiger partial charge < -0.3 is 5.32 Å². The number of pyridine rings is 1. The van der Waals surface area contributed by atoms with Gasteiger partial charge in [-0.25, -0.2) is 4.98 Å². The molecule has 0 aliphatic carbocycles.